The molecule has 4 nitrogen and oxygen atoms in total. The van der Waals surface area contributed by atoms with Crippen LogP contribution in [0.2, 0.25) is 0 Å². The number of fused-ring (bicyclic) bond motifs is 9. The molecule has 3 heterocycles. The van der Waals surface area contributed by atoms with E-state index in [9.17, 15) is 0 Å². The van der Waals surface area contributed by atoms with Crippen molar-refractivity contribution in [1.29, 1.82) is 0 Å². The maximum absolute atomic E-state index is 7.20. The van der Waals surface area contributed by atoms with Gasteiger partial charge in [-0.15, -0.1) is 0 Å². The fraction of sp³-hybridized carbons (Fsp3) is 0.100. The molecule has 0 aliphatic carbocycles. The van der Waals surface area contributed by atoms with Gasteiger partial charge in [-0.2, -0.15) is 0 Å². The Hall–Kier alpha value is -10.2. The van der Waals surface area contributed by atoms with Gasteiger partial charge in [0.05, 0.1) is 33.4 Å². The Balaban J connectivity index is 1.06. The Labute approximate surface area is 490 Å². The minimum atomic E-state index is -0.0779. The molecule has 3 aromatic heterocycles. The molecule has 404 valence electrons. The van der Waals surface area contributed by atoms with Gasteiger partial charge in [0.1, 0.15) is 5.58 Å². The maximum atomic E-state index is 7.20. The number of hydrogen-bond donors (Lipinski definition) is 0. The first kappa shape index (κ1) is 50.8. The van der Waals surface area contributed by atoms with Gasteiger partial charge in [-0.25, -0.2) is 0 Å². The molecule has 0 unspecified atom stereocenters. The first-order chi connectivity index (χ1) is 40.9. The smallest absolute Gasteiger partial charge is 0.159 e. The van der Waals surface area contributed by atoms with Crippen molar-refractivity contribution in [2.45, 2.75) is 52.4 Å². The Morgan fingerprint density at radius 3 is 1.31 bits per heavy atom. The van der Waals surface area contributed by atoms with Crippen molar-refractivity contribution in [1.82, 2.24) is 9.13 Å². The van der Waals surface area contributed by atoms with Crippen LogP contribution in [-0.4, -0.2) is 9.13 Å². The van der Waals surface area contributed by atoms with E-state index in [2.05, 4.69) is 329 Å². The number of aromatic nitrogens is 2. The van der Waals surface area contributed by atoms with Crippen LogP contribution in [0.3, 0.4) is 0 Å². The molecule has 4 heteroatoms. The second kappa shape index (κ2) is 19.8. The number of furan rings is 1. The minimum Gasteiger partial charge on any atom is -0.454 e. The van der Waals surface area contributed by atoms with Gasteiger partial charge >= 0.3 is 0 Å². The molecule has 0 amide bonds. The van der Waals surface area contributed by atoms with Gasteiger partial charge < -0.3 is 18.5 Å². The molecule has 15 aromatic rings. The molecule has 0 N–H and O–H groups in total. The molecule has 0 aliphatic heterocycles. The molecule has 0 saturated carbocycles. The Bertz CT molecular complexity index is 4800. The van der Waals surface area contributed by atoms with Crippen LogP contribution in [-0.2, 0) is 10.8 Å². The lowest BCUT2D eigenvalue weighted by Crippen LogP contribution is -2.15. The zero-order valence-electron chi connectivity index (χ0n) is 48.2. The Morgan fingerprint density at radius 1 is 0.310 bits per heavy atom. The van der Waals surface area contributed by atoms with Crippen LogP contribution in [0, 0.1) is 0 Å². The number of nitrogens with zero attached hydrogens (tertiary/aromatic N) is 3. The van der Waals surface area contributed by atoms with Crippen LogP contribution in [0.15, 0.2) is 277 Å². The molecule has 0 radical (unpaired) electrons. The van der Waals surface area contributed by atoms with Crippen LogP contribution < -0.4 is 4.90 Å². The highest BCUT2D eigenvalue weighted by Crippen LogP contribution is 2.51. The van der Waals surface area contributed by atoms with E-state index in [1.165, 1.54) is 66.0 Å². The summed E-state index contributed by atoms with van der Waals surface area (Å²) >= 11 is 0. The van der Waals surface area contributed by atoms with E-state index in [0.717, 1.165) is 83.7 Å². The summed E-state index contributed by atoms with van der Waals surface area (Å²) in [6.07, 6.45) is 0. The lowest BCUT2D eigenvalue weighted by atomic mass is 9.83. The summed E-state index contributed by atoms with van der Waals surface area (Å²) in [5.74, 6) is 0. The zero-order valence-corrected chi connectivity index (χ0v) is 48.2. The third kappa shape index (κ3) is 8.59. The second-order valence-electron chi connectivity index (χ2n) is 24.6. The van der Waals surface area contributed by atoms with E-state index in [-0.39, 0.29) is 10.8 Å². The molecule has 0 aliphatic rings. The normalized spacial score (nSPS) is 12.2. The Morgan fingerprint density at radius 2 is 0.774 bits per heavy atom. The van der Waals surface area contributed by atoms with E-state index >= 15 is 0 Å². The van der Waals surface area contributed by atoms with Crippen molar-refractivity contribution in [3.63, 3.8) is 0 Å². The van der Waals surface area contributed by atoms with Crippen molar-refractivity contribution >= 4 is 82.6 Å². The van der Waals surface area contributed by atoms with Crippen LogP contribution in [0.5, 0.6) is 0 Å². The third-order valence-corrected chi connectivity index (χ3v) is 17.2. The molecule has 0 atom stereocenters. The van der Waals surface area contributed by atoms with Crippen LogP contribution in [0.4, 0.5) is 17.1 Å². The molecule has 0 spiro atoms. The summed E-state index contributed by atoms with van der Waals surface area (Å²) in [4.78, 5) is 2.54. The summed E-state index contributed by atoms with van der Waals surface area (Å²) in [6.45, 7) is 13.8. The molecule has 0 bridgehead atoms. The second-order valence-corrected chi connectivity index (χ2v) is 24.6. The summed E-state index contributed by atoms with van der Waals surface area (Å²) < 4.78 is 12.1. The quantitative estimate of drug-likeness (QED) is 0.144. The van der Waals surface area contributed by atoms with Crippen LogP contribution >= 0.6 is 0 Å². The largest absolute Gasteiger partial charge is 0.454 e. The topological polar surface area (TPSA) is 26.2 Å². The van der Waals surface area contributed by atoms with Gasteiger partial charge in [-0.05, 0) is 134 Å². The average Bonchev–Trinajstić information content (AvgIpc) is 2.03. The van der Waals surface area contributed by atoms with Crippen molar-refractivity contribution in [3.05, 3.63) is 284 Å². The SMILES string of the molecule is CC(C)(C)c1cccc(-c2cccc(-c3cccc(C(C)(C)C)c3)c2N(c2ccc(-n3c4ccccc4c4ccccc43)cc2)c2cc(-n3c4ccc(-c5ccccc5)cc4c4cc(-c5ccccc5)ccc43)c3oc4ccccc4c3c2)c1. The summed E-state index contributed by atoms with van der Waals surface area (Å²) in [6, 6.07) is 101. The molecule has 15 rings (SSSR count). The van der Waals surface area contributed by atoms with Gasteiger partial charge in [0.2, 0.25) is 0 Å². The van der Waals surface area contributed by atoms with Gasteiger partial charge in [0.25, 0.3) is 0 Å². The zero-order chi connectivity index (χ0) is 56.8. The van der Waals surface area contributed by atoms with E-state index in [1.807, 2.05) is 0 Å². The van der Waals surface area contributed by atoms with Gasteiger partial charge in [-0.3, -0.25) is 0 Å². The number of anilines is 3. The van der Waals surface area contributed by atoms with Crippen molar-refractivity contribution in [2.75, 3.05) is 4.90 Å². The fourth-order valence-corrected chi connectivity index (χ4v) is 12.9. The lowest BCUT2D eigenvalue weighted by molar-refractivity contribution is 0.590. The molecular weight excluding hydrogens is 1020 g/mol. The molecule has 0 fully saturated rings. The van der Waals surface area contributed by atoms with Crippen LogP contribution in [0.25, 0.3) is 121 Å². The first-order valence-electron chi connectivity index (χ1n) is 29.3. The minimum absolute atomic E-state index is 0.0779. The van der Waals surface area contributed by atoms with Crippen molar-refractivity contribution in [3.8, 4) is 55.9 Å². The van der Waals surface area contributed by atoms with Gasteiger partial charge in [0.15, 0.2) is 5.58 Å². The third-order valence-electron chi connectivity index (χ3n) is 17.2. The highest BCUT2D eigenvalue weighted by Gasteiger charge is 2.28. The predicted octanol–water partition coefficient (Wildman–Crippen LogP) is 22.5. The van der Waals surface area contributed by atoms with Crippen LogP contribution in [0.1, 0.15) is 52.7 Å². The number of para-hydroxylation sites is 4. The van der Waals surface area contributed by atoms with Gasteiger partial charge in [-0.1, -0.05) is 236 Å². The summed E-state index contributed by atoms with van der Waals surface area (Å²) in [7, 11) is 0. The lowest BCUT2D eigenvalue weighted by Gasteiger charge is -2.32. The molecule has 84 heavy (non-hydrogen) atoms. The monoisotopic (exact) mass is 1080 g/mol. The number of hydrogen-bond acceptors (Lipinski definition) is 2. The van der Waals surface area contributed by atoms with E-state index in [0.29, 0.717) is 0 Å². The van der Waals surface area contributed by atoms with E-state index < -0.39 is 0 Å². The Kier molecular flexibility index (Phi) is 12.0. The standard InChI is InChI=1S/C80H63N3O/c1-79(2,3)58-28-19-26-56(46-58)63-33-21-34-64(57-27-20-29-59(47-57)80(4,5)6)77(63)81(60-40-42-61(43-41-60)82-71-35-16-13-30-65(71)66-31-14-17-36-72(66)82)62-50-70-67-32-15-18-37-76(67)84-78(70)75(51-62)83-73-44-38-54(52-22-9-7-10-23-52)48-68(73)69-49-55(39-45-74(69)83)53-24-11-8-12-25-53/h7-51H,1-6H3. The molecular formula is C80H63N3O. The van der Waals surface area contributed by atoms with Gasteiger partial charge in [0, 0.05) is 60.5 Å². The first-order valence-corrected chi connectivity index (χ1v) is 29.3. The van der Waals surface area contributed by atoms with E-state index in [1.54, 1.807) is 0 Å². The molecule has 0 saturated heterocycles. The number of benzene rings is 12. The molecule has 12 aromatic carbocycles. The van der Waals surface area contributed by atoms with E-state index in [4.69, 9.17) is 4.42 Å². The maximum Gasteiger partial charge on any atom is 0.159 e. The van der Waals surface area contributed by atoms with Crippen molar-refractivity contribution < 1.29 is 4.42 Å². The predicted molar refractivity (Wildman–Crippen MR) is 356 cm³/mol. The summed E-state index contributed by atoms with van der Waals surface area (Å²) in [5, 5.41) is 6.89. The number of rotatable bonds is 9. The summed E-state index contributed by atoms with van der Waals surface area (Å²) in [5.41, 5.74) is 23.0. The highest BCUT2D eigenvalue weighted by molar-refractivity contribution is 6.16. The highest BCUT2D eigenvalue weighted by atomic mass is 16.3. The van der Waals surface area contributed by atoms with Crippen molar-refractivity contribution in [2.24, 2.45) is 0 Å². The fourth-order valence-electron chi connectivity index (χ4n) is 12.9. The average molecular weight is 1080 g/mol.